The molecule has 0 radical (unpaired) electrons. The summed E-state index contributed by atoms with van der Waals surface area (Å²) in [6, 6.07) is 0. The molecule has 1 atom stereocenters. The summed E-state index contributed by atoms with van der Waals surface area (Å²) in [5.41, 5.74) is 14.2. The summed E-state index contributed by atoms with van der Waals surface area (Å²) >= 11 is 0. The molecule has 0 rings (SSSR count). The van der Waals surface area contributed by atoms with Crippen molar-refractivity contribution in [2.24, 2.45) is 22.2 Å². The second-order valence-corrected chi connectivity index (χ2v) is 3.64. The van der Waals surface area contributed by atoms with E-state index in [0.29, 0.717) is 6.42 Å². The number of aliphatic hydroxyl groups excluding tert-OH is 1. The van der Waals surface area contributed by atoms with Gasteiger partial charge in [-0.25, -0.2) is 4.84 Å². The van der Waals surface area contributed by atoms with Crippen LogP contribution in [0.4, 0.5) is 0 Å². The Hall–Kier alpha value is -1.94. The van der Waals surface area contributed by atoms with Gasteiger partial charge in [-0.05, 0) is 19.3 Å². The average Bonchev–Trinajstić information content (AvgIpc) is 2.23. The summed E-state index contributed by atoms with van der Waals surface area (Å²) in [7, 11) is 0. The molecule has 0 saturated heterocycles. The quantitative estimate of drug-likeness (QED) is 0.126. The van der Waals surface area contributed by atoms with Crippen molar-refractivity contribution in [3.05, 3.63) is 10.1 Å². The van der Waals surface area contributed by atoms with Crippen LogP contribution in [-0.4, -0.2) is 40.8 Å². The highest BCUT2D eigenvalue weighted by molar-refractivity contribution is 5.80. The Labute approximate surface area is 103 Å². The summed E-state index contributed by atoms with van der Waals surface area (Å²) in [5, 5.41) is 17.6. The van der Waals surface area contributed by atoms with Gasteiger partial charge in [-0.2, -0.15) is 0 Å². The molecule has 0 aliphatic rings. The average molecular weight is 263 g/mol. The Bertz CT molecular complexity index is 330. The van der Waals surface area contributed by atoms with Crippen LogP contribution in [0.15, 0.2) is 4.99 Å². The topological polar surface area (TPSA) is 180 Å². The summed E-state index contributed by atoms with van der Waals surface area (Å²) in [6.07, 6.45) is 0.222. The molecule has 10 heteroatoms. The molecule has 0 aliphatic heterocycles. The zero-order chi connectivity index (χ0) is 14.2. The number of aliphatic imine (C=N–C) groups is 1. The van der Waals surface area contributed by atoms with Crippen LogP contribution in [0.1, 0.15) is 19.3 Å². The molecule has 104 valence electrons. The van der Waals surface area contributed by atoms with E-state index in [9.17, 15) is 14.9 Å². The highest BCUT2D eigenvalue weighted by atomic mass is 17.0. The molecule has 0 bridgehead atoms. The standard InChI is InChI=1S/C8H17N5O5/c9-7(10)12-4-1-2-8(11,3-5-14)6(15)18-13(16)17/h14H,1-5,11H2,(H4,9,10,12)/t8-/m1/s1. The van der Waals surface area contributed by atoms with Gasteiger partial charge in [-0.15, -0.1) is 10.1 Å². The van der Waals surface area contributed by atoms with Crippen molar-refractivity contribution in [1.29, 1.82) is 0 Å². The van der Waals surface area contributed by atoms with Gasteiger partial charge in [0.25, 0.3) is 0 Å². The summed E-state index contributed by atoms with van der Waals surface area (Å²) in [6.45, 7) is -0.177. The van der Waals surface area contributed by atoms with Crippen molar-refractivity contribution in [3.63, 3.8) is 0 Å². The van der Waals surface area contributed by atoms with Crippen LogP contribution >= 0.6 is 0 Å². The molecule has 0 aromatic heterocycles. The van der Waals surface area contributed by atoms with E-state index in [-0.39, 0.29) is 25.3 Å². The zero-order valence-corrected chi connectivity index (χ0v) is 9.74. The predicted molar refractivity (Wildman–Crippen MR) is 61.6 cm³/mol. The van der Waals surface area contributed by atoms with Crippen LogP contribution in [0.3, 0.4) is 0 Å². The van der Waals surface area contributed by atoms with Gasteiger partial charge >= 0.3 is 11.1 Å². The second kappa shape index (κ2) is 7.40. The Morgan fingerprint density at radius 1 is 1.44 bits per heavy atom. The lowest BCUT2D eigenvalue weighted by Crippen LogP contribution is -2.50. The largest absolute Gasteiger partial charge is 0.396 e. The van der Waals surface area contributed by atoms with Gasteiger partial charge in [0.1, 0.15) is 5.54 Å². The number of hydrogen-bond acceptors (Lipinski definition) is 7. The Morgan fingerprint density at radius 2 is 2.06 bits per heavy atom. The normalized spacial score (nSPS) is 13.4. The van der Waals surface area contributed by atoms with Crippen LogP contribution in [0, 0.1) is 10.1 Å². The maximum atomic E-state index is 11.4. The van der Waals surface area contributed by atoms with Crippen LogP contribution in [0.2, 0.25) is 0 Å². The maximum absolute atomic E-state index is 11.4. The molecular weight excluding hydrogens is 246 g/mol. The fourth-order valence-corrected chi connectivity index (χ4v) is 1.29. The molecular formula is C8H17N5O5. The highest BCUT2D eigenvalue weighted by Crippen LogP contribution is 2.16. The van der Waals surface area contributed by atoms with Gasteiger partial charge in [0.05, 0.1) is 0 Å². The number of carbonyl (C=O) groups is 1. The molecule has 0 unspecified atom stereocenters. The van der Waals surface area contributed by atoms with Crippen molar-refractivity contribution in [2.75, 3.05) is 13.2 Å². The molecule has 0 heterocycles. The molecule has 0 spiro atoms. The van der Waals surface area contributed by atoms with Gasteiger partial charge in [0, 0.05) is 13.2 Å². The highest BCUT2D eigenvalue weighted by Gasteiger charge is 2.35. The fraction of sp³-hybridized carbons (Fsp3) is 0.750. The molecule has 0 fully saturated rings. The summed E-state index contributed by atoms with van der Waals surface area (Å²) in [4.78, 5) is 29.0. The molecule has 7 N–H and O–H groups in total. The molecule has 0 saturated carbocycles. The van der Waals surface area contributed by atoms with Crippen LogP contribution < -0.4 is 17.2 Å². The van der Waals surface area contributed by atoms with Crippen molar-refractivity contribution in [3.8, 4) is 0 Å². The lowest BCUT2D eigenvalue weighted by molar-refractivity contribution is -0.730. The maximum Gasteiger partial charge on any atom is 0.323 e. The number of guanidine groups is 1. The van der Waals surface area contributed by atoms with E-state index in [2.05, 4.69) is 9.83 Å². The van der Waals surface area contributed by atoms with Crippen LogP contribution in [-0.2, 0) is 9.63 Å². The van der Waals surface area contributed by atoms with Gasteiger partial charge in [0.2, 0.25) is 0 Å². The smallest absolute Gasteiger partial charge is 0.323 e. The molecule has 0 aromatic carbocycles. The minimum Gasteiger partial charge on any atom is -0.396 e. The van der Waals surface area contributed by atoms with E-state index < -0.39 is 23.2 Å². The summed E-state index contributed by atoms with van der Waals surface area (Å²) < 4.78 is 0. The van der Waals surface area contributed by atoms with E-state index in [0.717, 1.165) is 0 Å². The number of carbonyl (C=O) groups excluding carboxylic acids is 1. The predicted octanol–water partition coefficient (Wildman–Crippen LogP) is -2.15. The molecule has 0 aliphatic carbocycles. The van der Waals surface area contributed by atoms with Crippen LogP contribution in [0.25, 0.3) is 0 Å². The third-order valence-corrected chi connectivity index (χ3v) is 2.20. The van der Waals surface area contributed by atoms with E-state index in [1.807, 2.05) is 0 Å². The Balaban J connectivity index is 4.46. The minimum absolute atomic E-state index is 0.0526. The fourth-order valence-electron chi connectivity index (χ4n) is 1.29. The van der Waals surface area contributed by atoms with Gasteiger partial charge in [0.15, 0.2) is 5.96 Å². The van der Waals surface area contributed by atoms with Crippen molar-refractivity contribution < 1.29 is 19.8 Å². The summed E-state index contributed by atoms with van der Waals surface area (Å²) in [5.74, 6) is -1.31. The Kier molecular flexibility index (Phi) is 6.60. The van der Waals surface area contributed by atoms with Crippen molar-refractivity contribution >= 4 is 11.9 Å². The van der Waals surface area contributed by atoms with E-state index in [1.165, 1.54) is 0 Å². The van der Waals surface area contributed by atoms with Crippen LogP contribution in [0.5, 0.6) is 0 Å². The van der Waals surface area contributed by atoms with E-state index in [4.69, 9.17) is 22.3 Å². The number of hydrogen-bond donors (Lipinski definition) is 4. The number of aliphatic hydroxyl groups is 1. The lowest BCUT2D eigenvalue weighted by atomic mass is 9.91. The van der Waals surface area contributed by atoms with E-state index >= 15 is 0 Å². The first-order chi connectivity index (χ1) is 8.31. The first-order valence-electron chi connectivity index (χ1n) is 5.14. The third-order valence-electron chi connectivity index (χ3n) is 2.20. The Morgan fingerprint density at radius 3 is 2.50 bits per heavy atom. The number of nitrogens with zero attached hydrogens (tertiary/aromatic N) is 2. The van der Waals surface area contributed by atoms with Crippen molar-refractivity contribution in [2.45, 2.75) is 24.8 Å². The molecule has 18 heavy (non-hydrogen) atoms. The first kappa shape index (κ1) is 16.1. The van der Waals surface area contributed by atoms with Gasteiger partial charge in [-0.1, -0.05) is 0 Å². The third kappa shape index (κ3) is 5.96. The zero-order valence-electron chi connectivity index (χ0n) is 9.74. The van der Waals surface area contributed by atoms with Crippen molar-refractivity contribution in [1.82, 2.24) is 0 Å². The molecule has 0 amide bonds. The lowest BCUT2D eigenvalue weighted by Gasteiger charge is -2.25. The first-order valence-corrected chi connectivity index (χ1v) is 5.14. The SMILES string of the molecule is NC(N)=NCCC[C@@](N)(CCO)C(=O)O[N+](=O)[O-]. The number of rotatable bonds is 8. The van der Waals surface area contributed by atoms with E-state index in [1.54, 1.807) is 0 Å². The molecule has 10 nitrogen and oxygen atoms in total. The second-order valence-electron chi connectivity index (χ2n) is 3.64. The molecule has 0 aromatic rings. The monoisotopic (exact) mass is 263 g/mol. The minimum atomic E-state index is -1.62. The number of nitrogens with two attached hydrogens (primary N) is 3. The van der Waals surface area contributed by atoms with Gasteiger partial charge in [-0.3, -0.25) is 9.79 Å². The van der Waals surface area contributed by atoms with Gasteiger partial charge < -0.3 is 22.3 Å².